The van der Waals surface area contributed by atoms with Crippen LogP contribution < -0.4 is 5.32 Å². The first-order valence-electron chi connectivity index (χ1n) is 7.75. The second kappa shape index (κ2) is 5.59. The average Bonchev–Trinajstić information content (AvgIpc) is 3.00. The molecule has 3 rings (SSSR count). The van der Waals surface area contributed by atoms with Gasteiger partial charge >= 0.3 is 0 Å². The molecule has 1 atom stereocenters. The van der Waals surface area contributed by atoms with Crippen molar-refractivity contribution in [2.45, 2.75) is 59.0 Å². The molecule has 2 aromatic heterocycles. The molecular weight excluding hydrogens is 280 g/mol. The third-order valence-corrected chi connectivity index (χ3v) is 4.09. The van der Waals surface area contributed by atoms with Gasteiger partial charge in [-0.15, -0.1) is 0 Å². The van der Waals surface area contributed by atoms with Gasteiger partial charge in [-0.3, -0.25) is 4.79 Å². The van der Waals surface area contributed by atoms with Crippen LogP contribution in [-0.2, 0) is 13.0 Å². The number of carbonyl (C=O) groups is 1. The van der Waals surface area contributed by atoms with Crippen LogP contribution in [0.15, 0.2) is 10.7 Å². The maximum Gasteiger partial charge on any atom is 0.257 e. The number of rotatable bonds is 3. The van der Waals surface area contributed by atoms with Gasteiger partial charge in [0.2, 0.25) is 0 Å². The smallest absolute Gasteiger partial charge is 0.257 e. The van der Waals surface area contributed by atoms with Crippen molar-refractivity contribution in [1.82, 2.24) is 20.0 Å². The summed E-state index contributed by atoms with van der Waals surface area (Å²) in [6.07, 6.45) is 3.83. The van der Waals surface area contributed by atoms with Gasteiger partial charge in [0, 0.05) is 31.1 Å². The second-order valence-corrected chi connectivity index (χ2v) is 6.32. The van der Waals surface area contributed by atoms with Crippen LogP contribution in [0.2, 0.25) is 0 Å². The lowest BCUT2D eigenvalue weighted by atomic mass is 10.0. The van der Waals surface area contributed by atoms with Gasteiger partial charge < -0.3 is 14.4 Å². The zero-order chi connectivity index (χ0) is 15.9. The molecule has 0 aromatic carbocycles. The molecule has 2 aromatic rings. The molecule has 3 heterocycles. The third kappa shape index (κ3) is 2.65. The van der Waals surface area contributed by atoms with E-state index in [9.17, 15) is 4.79 Å². The number of hydrogen-bond acceptors (Lipinski definition) is 4. The van der Waals surface area contributed by atoms with Gasteiger partial charge in [0.15, 0.2) is 5.76 Å². The monoisotopic (exact) mass is 302 g/mol. The summed E-state index contributed by atoms with van der Waals surface area (Å²) >= 11 is 0. The minimum atomic E-state index is -0.0901. The summed E-state index contributed by atoms with van der Waals surface area (Å²) in [5, 5.41) is 7.06. The lowest BCUT2D eigenvalue weighted by molar-refractivity contribution is 0.0924. The summed E-state index contributed by atoms with van der Waals surface area (Å²) in [7, 11) is 0. The van der Waals surface area contributed by atoms with Gasteiger partial charge in [-0.1, -0.05) is 19.0 Å². The molecule has 0 fully saturated rings. The number of aryl methyl sites for hydroxylation is 3. The van der Waals surface area contributed by atoms with Crippen LogP contribution >= 0.6 is 0 Å². The Morgan fingerprint density at radius 3 is 2.95 bits per heavy atom. The summed E-state index contributed by atoms with van der Waals surface area (Å²) in [4.78, 5) is 17.1. The van der Waals surface area contributed by atoms with Gasteiger partial charge in [-0.05, 0) is 20.3 Å². The van der Waals surface area contributed by atoms with E-state index in [-0.39, 0.29) is 17.9 Å². The SMILES string of the molecule is Cc1cn2c(n1)CC[C@@H](NC(=O)c1c(C)noc1C(C)C)C2. The third-order valence-electron chi connectivity index (χ3n) is 4.09. The fourth-order valence-corrected chi connectivity index (χ4v) is 3.02. The summed E-state index contributed by atoms with van der Waals surface area (Å²) in [5.41, 5.74) is 2.26. The van der Waals surface area contributed by atoms with Crippen LogP contribution in [0.4, 0.5) is 0 Å². The number of imidazole rings is 1. The van der Waals surface area contributed by atoms with Crippen molar-refractivity contribution in [2.75, 3.05) is 0 Å². The van der Waals surface area contributed by atoms with Gasteiger partial charge in [0.1, 0.15) is 11.4 Å². The van der Waals surface area contributed by atoms with E-state index < -0.39 is 0 Å². The topological polar surface area (TPSA) is 73.0 Å². The van der Waals surface area contributed by atoms with Crippen LogP contribution in [0.1, 0.15) is 59.5 Å². The molecule has 0 saturated heterocycles. The van der Waals surface area contributed by atoms with Crippen molar-refractivity contribution in [1.29, 1.82) is 0 Å². The first-order chi connectivity index (χ1) is 10.5. The van der Waals surface area contributed by atoms with Crippen LogP contribution in [0.5, 0.6) is 0 Å². The number of nitrogens with one attached hydrogen (secondary N) is 1. The molecule has 6 heteroatoms. The highest BCUT2D eigenvalue weighted by atomic mass is 16.5. The van der Waals surface area contributed by atoms with Crippen molar-refractivity contribution < 1.29 is 9.32 Å². The van der Waals surface area contributed by atoms with Crippen LogP contribution in [0, 0.1) is 13.8 Å². The molecule has 0 spiro atoms. The lowest BCUT2D eigenvalue weighted by Gasteiger charge is -2.24. The molecule has 1 aliphatic heterocycles. The zero-order valence-electron chi connectivity index (χ0n) is 13.5. The molecule has 118 valence electrons. The Kier molecular flexibility index (Phi) is 3.76. The average molecular weight is 302 g/mol. The van der Waals surface area contributed by atoms with E-state index >= 15 is 0 Å². The number of carbonyl (C=O) groups excluding carboxylic acids is 1. The molecule has 22 heavy (non-hydrogen) atoms. The molecule has 0 aliphatic carbocycles. The highest BCUT2D eigenvalue weighted by Crippen LogP contribution is 2.23. The molecule has 0 unspecified atom stereocenters. The standard InChI is InChI=1S/C16H22N4O2/c1-9(2)15-14(11(4)19-22-15)16(21)18-12-5-6-13-17-10(3)7-20(13)8-12/h7,9,12H,5-6,8H2,1-4H3,(H,18,21)/t12-/m1/s1. The maximum absolute atomic E-state index is 12.6. The van der Waals surface area contributed by atoms with Crippen LogP contribution in [0.25, 0.3) is 0 Å². The molecular formula is C16H22N4O2. The van der Waals surface area contributed by atoms with E-state index in [1.54, 1.807) is 0 Å². The number of hydrogen-bond donors (Lipinski definition) is 1. The fourth-order valence-electron chi connectivity index (χ4n) is 3.02. The quantitative estimate of drug-likeness (QED) is 0.944. The van der Waals surface area contributed by atoms with Gasteiger partial charge in [-0.25, -0.2) is 4.98 Å². The molecule has 1 N–H and O–H groups in total. The van der Waals surface area contributed by atoms with Crippen molar-refractivity contribution in [3.05, 3.63) is 34.7 Å². The minimum absolute atomic E-state index is 0.0901. The summed E-state index contributed by atoms with van der Waals surface area (Å²) < 4.78 is 7.43. The molecule has 1 aliphatic rings. The first kappa shape index (κ1) is 14.8. The largest absolute Gasteiger partial charge is 0.360 e. The van der Waals surface area contributed by atoms with E-state index in [2.05, 4.69) is 20.0 Å². The van der Waals surface area contributed by atoms with Crippen molar-refractivity contribution >= 4 is 5.91 Å². The molecule has 1 amide bonds. The molecule has 0 saturated carbocycles. The Labute approximate surface area is 129 Å². The van der Waals surface area contributed by atoms with Gasteiger partial charge in [0.25, 0.3) is 5.91 Å². The lowest BCUT2D eigenvalue weighted by Crippen LogP contribution is -2.41. The normalized spacial score (nSPS) is 17.6. The van der Waals surface area contributed by atoms with E-state index in [1.165, 1.54) is 0 Å². The number of amides is 1. The highest BCUT2D eigenvalue weighted by Gasteiger charge is 2.26. The van der Waals surface area contributed by atoms with Gasteiger partial charge in [-0.2, -0.15) is 0 Å². The first-order valence-corrected chi connectivity index (χ1v) is 7.75. The molecule has 0 radical (unpaired) electrons. The van der Waals surface area contributed by atoms with E-state index in [4.69, 9.17) is 4.52 Å². The Morgan fingerprint density at radius 1 is 1.45 bits per heavy atom. The number of fused-ring (bicyclic) bond motifs is 1. The van der Waals surface area contributed by atoms with Gasteiger partial charge in [0.05, 0.1) is 11.4 Å². The maximum atomic E-state index is 12.6. The summed E-state index contributed by atoms with van der Waals surface area (Å²) in [6.45, 7) is 8.57. The van der Waals surface area contributed by atoms with Crippen molar-refractivity contribution in [2.24, 2.45) is 0 Å². The zero-order valence-corrected chi connectivity index (χ0v) is 13.5. The van der Waals surface area contributed by atoms with Crippen LogP contribution in [-0.4, -0.2) is 26.7 Å². The Balaban J connectivity index is 1.74. The van der Waals surface area contributed by atoms with E-state index in [1.807, 2.05) is 33.9 Å². The summed E-state index contributed by atoms with van der Waals surface area (Å²) in [5.74, 6) is 1.81. The van der Waals surface area contributed by atoms with Crippen LogP contribution in [0.3, 0.4) is 0 Å². The Hall–Kier alpha value is -2.11. The predicted octanol–water partition coefficient (Wildman–Crippen LogP) is 2.36. The van der Waals surface area contributed by atoms with Crippen molar-refractivity contribution in [3.63, 3.8) is 0 Å². The van der Waals surface area contributed by atoms with E-state index in [0.717, 1.165) is 30.9 Å². The van der Waals surface area contributed by atoms with Crippen molar-refractivity contribution in [3.8, 4) is 0 Å². The highest BCUT2D eigenvalue weighted by molar-refractivity contribution is 5.96. The number of aromatic nitrogens is 3. The predicted molar refractivity (Wildman–Crippen MR) is 81.9 cm³/mol. The number of nitrogens with zero attached hydrogens (tertiary/aromatic N) is 3. The molecule has 6 nitrogen and oxygen atoms in total. The summed E-state index contributed by atoms with van der Waals surface area (Å²) in [6, 6.07) is 0.114. The fraction of sp³-hybridized carbons (Fsp3) is 0.562. The Morgan fingerprint density at radius 2 is 2.23 bits per heavy atom. The second-order valence-electron chi connectivity index (χ2n) is 6.32. The molecule has 0 bridgehead atoms. The minimum Gasteiger partial charge on any atom is -0.360 e. The Bertz CT molecular complexity index is 699. The van der Waals surface area contributed by atoms with E-state index in [0.29, 0.717) is 17.0 Å².